The number of amides is 1. The first-order chi connectivity index (χ1) is 8.70. The molecule has 0 spiro atoms. The lowest BCUT2D eigenvalue weighted by Crippen LogP contribution is -2.51. The van der Waals surface area contributed by atoms with Crippen LogP contribution in [0.3, 0.4) is 0 Å². The second-order valence-corrected chi connectivity index (χ2v) is 4.67. The van der Waals surface area contributed by atoms with E-state index in [9.17, 15) is 4.79 Å². The van der Waals surface area contributed by atoms with Crippen molar-refractivity contribution in [1.82, 2.24) is 20.2 Å². The van der Waals surface area contributed by atoms with Crippen LogP contribution < -0.4 is 10.6 Å². The van der Waals surface area contributed by atoms with E-state index in [-0.39, 0.29) is 5.91 Å². The van der Waals surface area contributed by atoms with E-state index in [4.69, 9.17) is 0 Å². The van der Waals surface area contributed by atoms with Crippen LogP contribution in [0, 0.1) is 0 Å². The summed E-state index contributed by atoms with van der Waals surface area (Å²) in [5.41, 5.74) is 2.42. The molecule has 1 aliphatic heterocycles. The van der Waals surface area contributed by atoms with E-state index in [2.05, 4.69) is 27.1 Å². The summed E-state index contributed by atoms with van der Waals surface area (Å²) in [5.74, 6) is -0.150. The molecule has 1 fully saturated rings. The van der Waals surface area contributed by atoms with Crippen molar-refractivity contribution in [3.05, 3.63) is 30.1 Å². The van der Waals surface area contributed by atoms with Crippen molar-refractivity contribution >= 4 is 16.9 Å². The molecule has 5 nitrogen and oxygen atoms in total. The Kier molecular flexibility index (Phi) is 2.56. The summed E-state index contributed by atoms with van der Waals surface area (Å²) in [6, 6.07) is 6.67. The van der Waals surface area contributed by atoms with Crippen molar-refractivity contribution in [1.29, 1.82) is 0 Å². The second-order valence-electron chi connectivity index (χ2n) is 4.67. The Bertz CT molecular complexity index is 604. The summed E-state index contributed by atoms with van der Waals surface area (Å²) in [7, 11) is 1.61. The first kappa shape index (κ1) is 11.2. The highest BCUT2D eigenvalue weighted by Crippen LogP contribution is 2.25. The molecule has 0 unspecified atom stereocenters. The van der Waals surface area contributed by atoms with E-state index >= 15 is 0 Å². The number of carbonyl (C=O) groups excluding carboxylic acids is 1. The van der Waals surface area contributed by atoms with E-state index in [0.717, 1.165) is 17.6 Å². The van der Waals surface area contributed by atoms with Gasteiger partial charge < -0.3 is 15.2 Å². The van der Waals surface area contributed by atoms with Crippen LogP contribution >= 0.6 is 0 Å². The lowest BCUT2D eigenvalue weighted by Gasteiger charge is -2.37. The lowest BCUT2D eigenvalue weighted by atomic mass is 10.0. The third kappa shape index (κ3) is 1.59. The van der Waals surface area contributed by atoms with Gasteiger partial charge in [-0.3, -0.25) is 4.79 Å². The molecule has 1 saturated heterocycles. The van der Waals surface area contributed by atoms with Gasteiger partial charge in [-0.05, 0) is 25.1 Å². The fraction of sp³-hybridized carbons (Fsp3) is 0.385. The molecule has 2 atom stereocenters. The number of aromatic nitrogens is 2. The molecule has 5 heteroatoms. The van der Waals surface area contributed by atoms with Gasteiger partial charge in [0.2, 0.25) is 0 Å². The molecular formula is C13H16N4O. The van der Waals surface area contributed by atoms with Gasteiger partial charge in [0.05, 0.1) is 17.1 Å². The minimum absolute atomic E-state index is 0.150. The van der Waals surface area contributed by atoms with Crippen molar-refractivity contribution in [3.8, 4) is 0 Å². The minimum Gasteiger partial charge on any atom is -0.354 e. The molecule has 0 radical (unpaired) electrons. The van der Waals surface area contributed by atoms with Gasteiger partial charge in [-0.1, -0.05) is 0 Å². The normalized spacial score (nSPS) is 22.8. The molecule has 94 valence electrons. The first-order valence-electron chi connectivity index (χ1n) is 6.14. The fourth-order valence-electron chi connectivity index (χ4n) is 2.38. The molecule has 0 aliphatic carbocycles. The van der Waals surface area contributed by atoms with Crippen LogP contribution in [0.4, 0.5) is 0 Å². The van der Waals surface area contributed by atoms with Crippen LogP contribution in [0.15, 0.2) is 24.4 Å². The number of carbonyl (C=O) groups is 1. The number of nitrogens with zero attached hydrogens (tertiary/aromatic N) is 2. The first-order valence-corrected chi connectivity index (χ1v) is 6.14. The Balaban J connectivity index is 2.02. The predicted octanol–water partition coefficient (Wildman–Crippen LogP) is 0.929. The topological polar surface area (TPSA) is 59.0 Å². The van der Waals surface area contributed by atoms with Gasteiger partial charge in [0.15, 0.2) is 0 Å². The SMILES string of the molecule is CNC(=O)c1ccc2c(ccn2[C@H]2CN[C@@H]2C)n1. The number of rotatable bonds is 2. The molecule has 2 aromatic heterocycles. The third-order valence-electron chi connectivity index (χ3n) is 3.62. The minimum atomic E-state index is -0.150. The van der Waals surface area contributed by atoms with Crippen molar-refractivity contribution < 1.29 is 4.79 Å². The Labute approximate surface area is 105 Å². The zero-order chi connectivity index (χ0) is 12.7. The van der Waals surface area contributed by atoms with Crippen molar-refractivity contribution in [3.63, 3.8) is 0 Å². The van der Waals surface area contributed by atoms with E-state index in [1.54, 1.807) is 13.1 Å². The van der Waals surface area contributed by atoms with Crippen LogP contribution in [-0.2, 0) is 0 Å². The van der Waals surface area contributed by atoms with Gasteiger partial charge in [-0.25, -0.2) is 4.98 Å². The molecular weight excluding hydrogens is 228 g/mol. The monoisotopic (exact) mass is 244 g/mol. The average molecular weight is 244 g/mol. The van der Waals surface area contributed by atoms with Crippen molar-refractivity contribution in [2.45, 2.75) is 19.0 Å². The maximum absolute atomic E-state index is 11.5. The van der Waals surface area contributed by atoms with Crippen LogP contribution in [-0.4, -0.2) is 35.1 Å². The van der Waals surface area contributed by atoms with Crippen LogP contribution in [0.5, 0.6) is 0 Å². The van der Waals surface area contributed by atoms with E-state index < -0.39 is 0 Å². The number of nitrogens with one attached hydrogen (secondary N) is 2. The van der Waals surface area contributed by atoms with Crippen LogP contribution in [0.1, 0.15) is 23.5 Å². The maximum atomic E-state index is 11.5. The molecule has 1 amide bonds. The number of hydrogen-bond acceptors (Lipinski definition) is 3. The molecule has 0 saturated carbocycles. The summed E-state index contributed by atoms with van der Waals surface area (Å²) in [6.45, 7) is 3.16. The lowest BCUT2D eigenvalue weighted by molar-refractivity contribution is 0.0958. The molecule has 1 aliphatic rings. The number of hydrogen-bond donors (Lipinski definition) is 2. The van der Waals surface area contributed by atoms with Gasteiger partial charge >= 0.3 is 0 Å². The summed E-state index contributed by atoms with van der Waals surface area (Å²) >= 11 is 0. The van der Waals surface area contributed by atoms with E-state index in [1.165, 1.54) is 0 Å². The Morgan fingerprint density at radius 2 is 2.33 bits per heavy atom. The number of fused-ring (bicyclic) bond motifs is 1. The van der Waals surface area contributed by atoms with Crippen LogP contribution in [0.2, 0.25) is 0 Å². The Hall–Kier alpha value is -1.88. The molecule has 0 aromatic carbocycles. The zero-order valence-corrected chi connectivity index (χ0v) is 10.5. The molecule has 3 heterocycles. The molecule has 0 bridgehead atoms. The van der Waals surface area contributed by atoms with E-state index in [0.29, 0.717) is 17.8 Å². The summed E-state index contributed by atoms with van der Waals surface area (Å²) in [5, 5.41) is 5.93. The summed E-state index contributed by atoms with van der Waals surface area (Å²) in [4.78, 5) is 15.9. The molecule has 2 aromatic rings. The third-order valence-corrected chi connectivity index (χ3v) is 3.62. The van der Waals surface area contributed by atoms with Gasteiger partial charge in [0, 0.05) is 25.8 Å². The van der Waals surface area contributed by atoms with Crippen LogP contribution in [0.25, 0.3) is 11.0 Å². The Morgan fingerprint density at radius 3 is 2.94 bits per heavy atom. The molecule has 3 rings (SSSR count). The van der Waals surface area contributed by atoms with Gasteiger partial charge in [-0.15, -0.1) is 0 Å². The standard InChI is InChI=1S/C13H16N4O/c1-8-12(7-15-8)17-6-5-9-11(17)4-3-10(16-9)13(18)14-2/h3-6,8,12,15H,7H2,1-2H3,(H,14,18)/t8-,12+/m1/s1. The van der Waals surface area contributed by atoms with Crippen molar-refractivity contribution in [2.24, 2.45) is 0 Å². The van der Waals surface area contributed by atoms with Gasteiger partial charge in [0.25, 0.3) is 5.91 Å². The fourth-order valence-corrected chi connectivity index (χ4v) is 2.38. The van der Waals surface area contributed by atoms with E-state index in [1.807, 2.05) is 18.3 Å². The smallest absolute Gasteiger partial charge is 0.269 e. The maximum Gasteiger partial charge on any atom is 0.269 e. The van der Waals surface area contributed by atoms with Gasteiger partial charge in [-0.2, -0.15) is 0 Å². The predicted molar refractivity (Wildman–Crippen MR) is 69.6 cm³/mol. The number of pyridine rings is 1. The molecule has 18 heavy (non-hydrogen) atoms. The zero-order valence-electron chi connectivity index (χ0n) is 10.5. The second kappa shape index (κ2) is 4.10. The largest absolute Gasteiger partial charge is 0.354 e. The molecule has 2 N–H and O–H groups in total. The Morgan fingerprint density at radius 1 is 1.50 bits per heavy atom. The highest BCUT2D eigenvalue weighted by molar-refractivity contribution is 5.94. The quantitative estimate of drug-likeness (QED) is 0.826. The highest BCUT2D eigenvalue weighted by Gasteiger charge is 2.28. The summed E-state index contributed by atoms with van der Waals surface area (Å²) in [6.07, 6.45) is 2.05. The van der Waals surface area contributed by atoms with Crippen molar-refractivity contribution in [2.75, 3.05) is 13.6 Å². The highest BCUT2D eigenvalue weighted by atomic mass is 16.1. The van der Waals surface area contributed by atoms with Gasteiger partial charge in [0.1, 0.15) is 5.69 Å². The summed E-state index contributed by atoms with van der Waals surface area (Å²) < 4.78 is 2.23. The average Bonchev–Trinajstić information content (AvgIpc) is 2.79.